The summed E-state index contributed by atoms with van der Waals surface area (Å²) in [7, 11) is 0. The summed E-state index contributed by atoms with van der Waals surface area (Å²) in [6.07, 6.45) is 0.878. The minimum Gasteiger partial charge on any atom is -0.507 e. The molecule has 4 rings (SSSR count). The number of aryl methyl sites for hydroxylation is 2. The molecule has 4 heteroatoms. The van der Waals surface area contributed by atoms with Crippen LogP contribution in [-0.2, 0) is 16.0 Å². The van der Waals surface area contributed by atoms with Gasteiger partial charge < -0.3 is 5.11 Å². The molecular weight excluding hydrogens is 374 g/mol. The van der Waals surface area contributed by atoms with Crippen LogP contribution in [0, 0.1) is 6.92 Å². The molecule has 150 valence electrons. The summed E-state index contributed by atoms with van der Waals surface area (Å²) >= 11 is 0. The first-order valence-corrected chi connectivity index (χ1v) is 10.0. The van der Waals surface area contributed by atoms with Gasteiger partial charge >= 0.3 is 0 Å². The Labute approximate surface area is 176 Å². The van der Waals surface area contributed by atoms with Crippen molar-refractivity contribution in [3.63, 3.8) is 0 Å². The summed E-state index contributed by atoms with van der Waals surface area (Å²) in [6, 6.07) is 23.5. The molecule has 1 unspecified atom stereocenters. The van der Waals surface area contributed by atoms with Gasteiger partial charge in [0.1, 0.15) is 5.76 Å². The fourth-order valence-corrected chi connectivity index (χ4v) is 3.93. The van der Waals surface area contributed by atoms with Crippen molar-refractivity contribution < 1.29 is 14.7 Å². The zero-order valence-electron chi connectivity index (χ0n) is 17.0. The highest BCUT2D eigenvalue weighted by Gasteiger charge is 2.47. The average Bonchev–Trinajstić information content (AvgIpc) is 3.04. The van der Waals surface area contributed by atoms with Gasteiger partial charge in [-0.15, -0.1) is 0 Å². The van der Waals surface area contributed by atoms with Crippen LogP contribution in [0.3, 0.4) is 0 Å². The second-order valence-electron chi connectivity index (χ2n) is 7.41. The number of amides is 1. The third kappa shape index (κ3) is 3.30. The largest absolute Gasteiger partial charge is 0.507 e. The van der Waals surface area contributed by atoms with E-state index in [1.165, 1.54) is 4.90 Å². The van der Waals surface area contributed by atoms with Crippen molar-refractivity contribution in [1.29, 1.82) is 0 Å². The first-order chi connectivity index (χ1) is 14.5. The van der Waals surface area contributed by atoms with Crippen LogP contribution in [0.2, 0.25) is 0 Å². The van der Waals surface area contributed by atoms with Crippen molar-refractivity contribution in [2.75, 3.05) is 4.90 Å². The molecule has 1 fully saturated rings. The summed E-state index contributed by atoms with van der Waals surface area (Å²) in [5, 5.41) is 11.1. The summed E-state index contributed by atoms with van der Waals surface area (Å²) in [6.45, 7) is 3.99. The molecule has 4 nitrogen and oxygen atoms in total. The van der Waals surface area contributed by atoms with Crippen molar-refractivity contribution >= 4 is 23.1 Å². The molecule has 1 heterocycles. The monoisotopic (exact) mass is 397 g/mol. The van der Waals surface area contributed by atoms with E-state index in [2.05, 4.69) is 6.92 Å². The van der Waals surface area contributed by atoms with Crippen molar-refractivity contribution in [2.45, 2.75) is 26.3 Å². The zero-order chi connectivity index (χ0) is 21.3. The molecule has 3 aromatic carbocycles. The smallest absolute Gasteiger partial charge is 0.300 e. The predicted octanol–water partition coefficient (Wildman–Crippen LogP) is 5.18. The van der Waals surface area contributed by atoms with Gasteiger partial charge in [0.05, 0.1) is 11.6 Å². The Balaban J connectivity index is 1.94. The predicted molar refractivity (Wildman–Crippen MR) is 118 cm³/mol. The summed E-state index contributed by atoms with van der Waals surface area (Å²) in [5.74, 6) is -1.46. The summed E-state index contributed by atoms with van der Waals surface area (Å²) in [5.41, 5.74) is 4.14. The molecule has 30 heavy (non-hydrogen) atoms. The van der Waals surface area contributed by atoms with Gasteiger partial charge in [0.25, 0.3) is 11.7 Å². The molecule has 0 bridgehead atoms. The third-order valence-corrected chi connectivity index (χ3v) is 5.60. The van der Waals surface area contributed by atoms with Crippen molar-refractivity contribution in [3.8, 4) is 0 Å². The number of hydrogen-bond donors (Lipinski definition) is 1. The van der Waals surface area contributed by atoms with Gasteiger partial charge in [-0.3, -0.25) is 14.5 Å². The molecule has 0 aliphatic carbocycles. The van der Waals surface area contributed by atoms with Crippen LogP contribution in [0.1, 0.15) is 35.2 Å². The highest BCUT2D eigenvalue weighted by molar-refractivity contribution is 6.51. The summed E-state index contributed by atoms with van der Waals surface area (Å²) in [4.78, 5) is 27.7. The zero-order valence-corrected chi connectivity index (χ0v) is 17.0. The number of para-hydroxylation sites is 1. The maximum Gasteiger partial charge on any atom is 0.300 e. The molecule has 1 aliphatic rings. The molecule has 0 aromatic heterocycles. The molecule has 3 aromatic rings. The number of Topliss-reactive ketones (excluding diaryl/α,β-unsaturated/α-hetero) is 1. The van der Waals surface area contributed by atoms with Crippen molar-refractivity contribution in [1.82, 2.24) is 0 Å². The Hall–Kier alpha value is -3.66. The Bertz CT molecular complexity index is 1130. The molecule has 1 N–H and O–H groups in total. The molecular formula is C26H23NO3. The Morgan fingerprint density at radius 1 is 0.900 bits per heavy atom. The Morgan fingerprint density at radius 3 is 2.17 bits per heavy atom. The fraction of sp³-hybridized carbons (Fsp3) is 0.154. The molecule has 1 aliphatic heterocycles. The van der Waals surface area contributed by atoms with Crippen LogP contribution in [-0.4, -0.2) is 16.8 Å². The van der Waals surface area contributed by atoms with Crippen LogP contribution < -0.4 is 4.90 Å². The molecule has 0 saturated carbocycles. The number of hydrogen-bond acceptors (Lipinski definition) is 3. The number of nitrogens with zero attached hydrogens (tertiary/aromatic N) is 1. The quantitative estimate of drug-likeness (QED) is 0.375. The third-order valence-electron chi connectivity index (χ3n) is 5.60. The van der Waals surface area contributed by atoms with E-state index in [1.54, 1.807) is 24.3 Å². The number of ketones is 1. The first-order valence-electron chi connectivity index (χ1n) is 10.0. The molecule has 1 saturated heterocycles. The van der Waals surface area contributed by atoms with E-state index in [1.807, 2.05) is 61.5 Å². The summed E-state index contributed by atoms with van der Waals surface area (Å²) < 4.78 is 0. The van der Waals surface area contributed by atoms with E-state index in [4.69, 9.17) is 0 Å². The standard InChI is InChI=1S/C26H23NO3/c1-3-18-13-15-19(16-14-18)24(28)22-23(21-12-8-7-9-17(21)2)27(26(30)25(22)29)20-10-5-4-6-11-20/h4-16,23,28H,3H2,1-2H3/b24-22-. The lowest BCUT2D eigenvalue weighted by Gasteiger charge is -2.26. The second-order valence-corrected chi connectivity index (χ2v) is 7.41. The van der Waals surface area contributed by atoms with E-state index < -0.39 is 17.7 Å². The van der Waals surface area contributed by atoms with Crippen molar-refractivity contribution in [3.05, 3.63) is 107 Å². The number of carbonyl (C=O) groups excluding carboxylic acids is 2. The van der Waals surface area contributed by atoms with E-state index >= 15 is 0 Å². The average molecular weight is 397 g/mol. The maximum atomic E-state index is 13.1. The second kappa shape index (κ2) is 7.99. The first kappa shape index (κ1) is 19.6. The number of rotatable bonds is 4. The van der Waals surface area contributed by atoms with Gasteiger partial charge in [0.15, 0.2) is 0 Å². The van der Waals surface area contributed by atoms with Gasteiger partial charge in [-0.2, -0.15) is 0 Å². The number of benzene rings is 3. The highest BCUT2D eigenvalue weighted by atomic mass is 16.3. The number of aliphatic hydroxyl groups excluding tert-OH is 1. The fourth-order valence-electron chi connectivity index (χ4n) is 3.93. The number of carbonyl (C=O) groups is 2. The van der Waals surface area contributed by atoms with Gasteiger partial charge in [0, 0.05) is 11.3 Å². The van der Waals surface area contributed by atoms with Crippen molar-refractivity contribution in [2.24, 2.45) is 0 Å². The molecule has 1 atom stereocenters. The Morgan fingerprint density at radius 2 is 1.53 bits per heavy atom. The van der Waals surface area contributed by atoms with Crippen LogP contribution in [0.25, 0.3) is 5.76 Å². The number of anilines is 1. The van der Waals surface area contributed by atoms with Crippen LogP contribution in [0.4, 0.5) is 5.69 Å². The highest BCUT2D eigenvalue weighted by Crippen LogP contribution is 2.42. The van der Waals surface area contributed by atoms with Gasteiger partial charge in [0.2, 0.25) is 0 Å². The minimum atomic E-state index is -0.695. The number of aliphatic hydroxyl groups is 1. The van der Waals surface area contributed by atoms with Gasteiger partial charge in [-0.25, -0.2) is 0 Å². The lowest BCUT2D eigenvalue weighted by molar-refractivity contribution is -0.132. The van der Waals surface area contributed by atoms with E-state index in [9.17, 15) is 14.7 Å². The minimum absolute atomic E-state index is 0.113. The topological polar surface area (TPSA) is 57.6 Å². The lowest BCUT2D eigenvalue weighted by Crippen LogP contribution is -2.29. The maximum absolute atomic E-state index is 13.1. The molecule has 0 spiro atoms. The Kier molecular flexibility index (Phi) is 5.23. The lowest BCUT2D eigenvalue weighted by atomic mass is 9.92. The molecule has 0 radical (unpaired) electrons. The SMILES string of the molecule is CCc1ccc(/C(O)=C2/C(=O)C(=O)N(c3ccccc3)C2c2ccccc2C)cc1. The van der Waals surface area contributed by atoms with E-state index in [0.29, 0.717) is 11.3 Å². The molecule has 1 amide bonds. The van der Waals surface area contributed by atoms with Gasteiger partial charge in [-0.1, -0.05) is 73.7 Å². The van der Waals surface area contributed by atoms with Crippen LogP contribution >= 0.6 is 0 Å². The van der Waals surface area contributed by atoms with E-state index in [0.717, 1.165) is 23.1 Å². The van der Waals surface area contributed by atoms with E-state index in [-0.39, 0.29) is 11.3 Å². The van der Waals surface area contributed by atoms with Crippen LogP contribution in [0.15, 0.2) is 84.4 Å². The normalized spacial score (nSPS) is 18.1. The van der Waals surface area contributed by atoms with Gasteiger partial charge in [-0.05, 0) is 42.2 Å². The van der Waals surface area contributed by atoms with Crippen LogP contribution in [0.5, 0.6) is 0 Å².